The van der Waals surface area contributed by atoms with Crippen LogP contribution in [0.4, 0.5) is 4.79 Å². The number of ether oxygens (including phenoxy) is 1. The molecule has 0 radical (unpaired) electrons. The fourth-order valence-corrected chi connectivity index (χ4v) is 2.99. The van der Waals surface area contributed by atoms with Crippen LogP contribution in [0.3, 0.4) is 0 Å². The van der Waals surface area contributed by atoms with Crippen LogP contribution in [0.5, 0.6) is 5.75 Å². The Balaban J connectivity index is 0.00000320. The molecule has 3 N–H and O–H groups in total. The molecule has 9 heteroatoms. The van der Waals surface area contributed by atoms with Gasteiger partial charge in [0, 0.05) is 19.6 Å². The van der Waals surface area contributed by atoms with E-state index in [1.54, 1.807) is 36.4 Å². The number of aliphatic hydroxyl groups is 1. The van der Waals surface area contributed by atoms with Gasteiger partial charge in [0.15, 0.2) is 0 Å². The molecule has 0 aromatic heterocycles. The number of aliphatic hydroxyl groups excluding tert-OH is 1. The summed E-state index contributed by atoms with van der Waals surface area (Å²) < 4.78 is 5.48. The molecular formula is C21H23ClN4O4. The van der Waals surface area contributed by atoms with Gasteiger partial charge in [-0.25, -0.2) is 4.79 Å². The number of urea groups is 1. The molecule has 0 bridgehead atoms. The average molecular weight is 431 g/mol. The van der Waals surface area contributed by atoms with Gasteiger partial charge in [0.1, 0.15) is 30.6 Å². The third kappa shape index (κ3) is 5.70. The smallest absolute Gasteiger partial charge is 0.325 e. The zero-order valence-corrected chi connectivity index (χ0v) is 17.0. The first-order valence-corrected chi connectivity index (χ1v) is 9.27. The molecule has 2 unspecified atom stereocenters. The quantitative estimate of drug-likeness (QED) is 0.411. The van der Waals surface area contributed by atoms with Crippen molar-refractivity contribution in [3.8, 4) is 11.8 Å². The zero-order valence-electron chi connectivity index (χ0n) is 16.2. The van der Waals surface area contributed by atoms with E-state index < -0.39 is 18.2 Å². The number of nitrogens with zero attached hydrogens (tertiary/aromatic N) is 2. The Kier molecular flexibility index (Phi) is 8.62. The second-order valence-corrected chi connectivity index (χ2v) is 6.56. The highest BCUT2D eigenvalue weighted by Crippen LogP contribution is 2.21. The molecule has 0 saturated carbocycles. The molecule has 1 saturated heterocycles. The molecule has 30 heavy (non-hydrogen) atoms. The molecule has 2 aromatic carbocycles. The highest BCUT2D eigenvalue weighted by molar-refractivity contribution is 6.04. The summed E-state index contributed by atoms with van der Waals surface area (Å²) in [6.07, 6.45) is -0.804. The van der Waals surface area contributed by atoms with Crippen LogP contribution in [0.15, 0.2) is 54.6 Å². The fraction of sp³-hybridized carbons (Fsp3) is 0.286. The first kappa shape index (κ1) is 23.2. The summed E-state index contributed by atoms with van der Waals surface area (Å²) >= 11 is 0. The second-order valence-electron chi connectivity index (χ2n) is 6.56. The molecule has 1 heterocycles. The Bertz CT molecular complexity index is 903. The van der Waals surface area contributed by atoms with Crippen LogP contribution >= 0.6 is 12.4 Å². The number of benzene rings is 2. The summed E-state index contributed by atoms with van der Waals surface area (Å²) in [5, 5.41) is 24.7. The molecule has 0 spiro atoms. The molecule has 3 amide bonds. The second kappa shape index (κ2) is 11.2. The number of rotatable bonds is 9. The lowest BCUT2D eigenvalue weighted by molar-refractivity contribution is -0.127. The average Bonchev–Trinajstić information content (AvgIpc) is 3.04. The molecule has 2 atom stereocenters. The zero-order chi connectivity index (χ0) is 20.6. The van der Waals surface area contributed by atoms with Gasteiger partial charge in [-0.3, -0.25) is 9.69 Å². The number of nitriles is 1. The largest absolute Gasteiger partial charge is 0.489 e. The van der Waals surface area contributed by atoms with E-state index >= 15 is 0 Å². The molecule has 1 aliphatic heterocycles. The topological polar surface area (TPSA) is 115 Å². The van der Waals surface area contributed by atoms with Gasteiger partial charge < -0.3 is 20.5 Å². The molecule has 158 valence electrons. The van der Waals surface area contributed by atoms with Crippen LogP contribution in [-0.2, 0) is 4.79 Å². The number of imide groups is 1. The fourth-order valence-electron chi connectivity index (χ4n) is 2.99. The van der Waals surface area contributed by atoms with Crippen LogP contribution in [-0.4, -0.2) is 54.3 Å². The van der Waals surface area contributed by atoms with Gasteiger partial charge in [-0.15, -0.1) is 12.4 Å². The van der Waals surface area contributed by atoms with E-state index in [0.29, 0.717) is 17.9 Å². The first-order chi connectivity index (χ1) is 14.1. The van der Waals surface area contributed by atoms with Gasteiger partial charge in [0.05, 0.1) is 5.56 Å². The van der Waals surface area contributed by atoms with Crippen molar-refractivity contribution >= 4 is 24.3 Å². The first-order valence-electron chi connectivity index (χ1n) is 9.27. The Morgan fingerprint density at radius 2 is 1.87 bits per heavy atom. The van der Waals surface area contributed by atoms with E-state index in [9.17, 15) is 14.7 Å². The maximum Gasteiger partial charge on any atom is 0.325 e. The normalized spacial score (nSPS) is 16.4. The van der Waals surface area contributed by atoms with E-state index in [1.165, 1.54) is 0 Å². The molecule has 1 fully saturated rings. The van der Waals surface area contributed by atoms with Crippen molar-refractivity contribution in [1.82, 2.24) is 15.5 Å². The van der Waals surface area contributed by atoms with Crippen molar-refractivity contribution < 1.29 is 19.4 Å². The number of hydrogen-bond acceptors (Lipinski definition) is 6. The number of para-hydroxylation sites is 1. The van der Waals surface area contributed by atoms with Gasteiger partial charge in [-0.05, 0) is 17.7 Å². The van der Waals surface area contributed by atoms with Crippen molar-refractivity contribution in [2.24, 2.45) is 0 Å². The van der Waals surface area contributed by atoms with Crippen LogP contribution < -0.4 is 15.4 Å². The molecule has 2 aromatic rings. The number of carbonyl (C=O) groups is 2. The standard InChI is InChI=1S/C21H22N4O4.ClH/c22-12-16-8-4-5-9-18(16)29-14-17(26)13-23-10-11-25-20(27)19(24-21(25)28)15-6-2-1-3-7-15;/h1-9,17,19,23,26H,10-11,13-14H2,(H,24,28);1H. The van der Waals surface area contributed by atoms with Gasteiger partial charge in [-0.2, -0.15) is 5.26 Å². The minimum absolute atomic E-state index is 0. The van der Waals surface area contributed by atoms with Crippen molar-refractivity contribution in [3.05, 3.63) is 65.7 Å². The highest BCUT2D eigenvalue weighted by Gasteiger charge is 2.38. The summed E-state index contributed by atoms with van der Waals surface area (Å²) in [7, 11) is 0. The lowest BCUT2D eigenvalue weighted by Crippen LogP contribution is -2.39. The molecule has 8 nitrogen and oxygen atoms in total. The maximum absolute atomic E-state index is 12.5. The summed E-state index contributed by atoms with van der Waals surface area (Å²) in [5.41, 5.74) is 1.14. The minimum atomic E-state index is -0.804. The van der Waals surface area contributed by atoms with E-state index in [0.717, 1.165) is 10.5 Å². The Morgan fingerprint density at radius 1 is 1.17 bits per heavy atom. The maximum atomic E-state index is 12.5. The summed E-state index contributed by atoms with van der Waals surface area (Å²) in [4.78, 5) is 25.7. The summed E-state index contributed by atoms with van der Waals surface area (Å²) in [6.45, 7) is 0.775. The molecule has 3 rings (SSSR count). The predicted octanol–water partition coefficient (Wildman–Crippen LogP) is 1.60. The third-order valence-electron chi connectivity index (χ3n) is 4.49. The van der Waals surface area contributed by atoms with Crippen LogP contribution in [0.25, 0.3) is 0 Å². The van der Waals surface area contributed by atoms with Crippen LogP contribution in [0.2, 0.25) is 0 Å². The Labute approximate surface area is 180 Å². The Hall–Kier alpha value is -3.12. The SMILES string of the molecule is Cl.N#Cc1ccccc1OCC(O)CNCCN1C(=O)NC(c2ccccc2)C1=O. The minimum Gasteiger partial charge on any atom is -0.489 e. The van der Waals surface area contributed by atoms with E-state index in [-0.39, 0.29) is 38.0 Å². The molecule has 0 aliphatic carbocycles. The lowest BCUT2D eigenvalue weighted by atomic mass is 10.1. The molecular weight excluding hydrogens is 408 g/mol. The molecule has 1 aliphatic rings. The van der Waals surface area contributed by atoms with Crippen LogP contribution in [0.1, 0.15) is 17.2 Å². The predicted molar refractivity (Wildman–Crippen MR) is 112 cm³/mol. The monoisotopic (exact) mass is 430 g/mol. The van der Waals surface area contributed by atoms with E-state index in [2.05, 4.69) is 10.6 Å². The van der Waals surface area contributed by atoms with Gasteiger partial charge in [0.2, 0.25) is 0 Å². The number of amides is 3. The van der Waals surface area contributed by atoms with E-state index in [1.807, 2.05) is 24.3 Å². The van der Waals surface area contributed by atoms with Gasteiger partial charge >= 0.3 is 6.03 Å². The van der Waals surface area contributed by atoms with Crippen molar-refractivity contribution in [1.29, 1.82) is 5.26 Å². The lowest BCUT2D eigenvalue weighted by Gasteiger charge is -2.16. The number of carbonyl (C=O) groups excluding carboxylic acids is 2. The van der Waals surface area contributed by atoms with Crippen molar-refractivity contribution in [3.63, 3.8) is 0 Å². The highest BCUT2D eigenvalue weighted by atomic mass is 35.5. The van der Waals surface area contributed by atoms with Gasteiger partial charge in [-0.1, -0.05) is 42.5 Å². The summed E-state index contributed by atoms with van der Waals surface area (Å²) in [5.74, 6) is 0.125. The number of hydrogen-bond donors (Lipinski definition) is 3. The summed E-state index contributed by atoms with van der Waals surface area (Å²) in [6, 6.07) is 16.8. The number of nitrogens with one attached hydrogen (secondary N) is 2. The van der Waals surface area contributed by atoms with Crippen molar-refractivity contribution in [2.45, 2.75) is 12.1 Å². The van der Waals surface area contributed by atoms with Gasteiger partial charge in [0.25, 0.3) is 5.91 Å². The van der Waals surface area contributed by atoms with E-state index in [4.69, 9.17) is 10.00 Å². The third-order valence-corrected chi connectivity index (χ3v) is 4.49. The number of halogens is 1. The Morgan fingerprint density at radius 3 is 2.60 bits per heavy atom. The van der Waals surface area contributed by atoms with Crippen LogP contribution in [0, 0.1) is 11.3 Å². The van der Waals surface area contributed by atoms with Crippen molar-refractivity contribution in [2.75, 3.05) is 26.2 Å².